The number of nitrogens with one attached hydrogen (secondary N) is 2. The van der Waals surface area contributed by atoms with E-state index in [0.717, 1.165) is 11.6 Å². The summed E-state index contributed by atoms with van der Waals surface area (Å²) in [4.78, 5) is 16.5. The van der Waals surface area contributed by atoms with Gasteiger partial charge in [0.2, 0.25) is 0 Å². The molecule has 0 fully saturated rings. The Morgan fingerprint density at radius 2 is 2.07 bits per heavy atom. The van der Waals surface area contributed by atoms with Gasteiger partial charge in [-0.2, -0.15) is 10.2 Å². The minimum atomic E-state index is -0.604. The van der Waals surface area contributed by atoms with Gasteiger partial charge in [0.05, 0.1) is 6.20 Å². The number of nitrogens with zero attached hydrogens (tertiary/aromatic N) is 4. The molecule has 9 nitrogen and oxygen atoms in total. The van der Waals surface area contributed by atoms with E-state index in [1.54, 1.807) is 19.3 Å². The molecule has 2 aromatic heterocycles. The highest BCUT2D eigenvalue weighted by Gasteiger charge is 2.20. The van der Waals surface area contributed by atoms with Crippen LogP contribution in [0.2, 0.25) is 0 Å². The van der Waals surface area contributed by atoms with Crippen molar-refractivity contribution in [3.63, 3.8) is 0 Å². The number of halogens is 1. The van der Waals surface area contributed by atoms with Gasteiger partial charge in [0.1, 0.15) is 17.3 Å². The largest absolute Gasteiger partial charge is 0.321 e. The van der Waals surface area contributed by atoms with E-state index < -0.39 is 11.7 Å². The zero-order valence-corrected chi connectivity index (χ0v) is 15.3. The highest BCUT2D eigenvalue weighted by molar-refractivity contribution is 6.05. The Balaban J connectivity index is 1.94. The first kappa shape index (κ1) is 19.0. The Morgan fingerprint density at radius 3 is 2.71 bits per heavy atom. The van der Waals surface area contributed by atoms with E-state index in [-0.39, 0.29) is 17.0 Å². The molecule has 6 N–H and O–H groups in total. The van der Waals surface area contributed by atoms with Crippen LogP contribution in [0.4, 0.5) is 10.2 Å². The van der Waals surface area contributed by atoms with Gasteiger partial charge in [-0.05, 0) is 30.7 Å². The van der Waals surface area contributed by atoms with E-state index in [4.69, 9.17) is 11.7 Å². The zero-order chi connectivity index (χ0) is 20.3. The molecule has 144 valence electrons. The maximum absolute atomic E-state index is 14.8. The Bertz CT molecular complexity index is 1060. The van der Waals surface area contributed by atoms with E-state index in [2.05, 4.69) is 25.9 Å². The van der Waals surface area contributed by atoms with Crippen LogP contribution in [0, 0.1) is 12.7 Å². The molecule has 1 amide bonds. The molecule has 3 rings (SSSR count). The van der Waals surface area contributed by atoms with E-state index in [0.29, 0.717) is 17.1 Å². The number of carbonyl (C=O) groups is 1. The highest BCUT2D eigenvalue weighted by Crippen LogP contribution is 2.27. The van der Waals surface area contributed by atoms with E-state index >= 15 is 0 Å². The van der Waals surface area contributed by atoms with Gasteiger partial charge >= 0.3 is 0 Å². The molecular weight excluding hydrogens is 363 g/mol. The molecule has 28 heavy (non-hydrogen) atoms. The van der Waals surface area contributed by atoms with E-state index in [1.165, 1.54) is 23.0 Å². The number of benzene rings is 1. The second kappa shape index (κ2) is 7.84. The van der Waals surface area contributed by atoms with Gasteiger partial charge in [-0.1, -0.05) is 12.1 Å². The normalized spacial score (nSPS) is 11.4. The number of nitrogens with two attached hydrogens (primary N) is 2. The molecule has 0 unspecified atom stereocenters. The molecule has 0 spiro atoms. The van der Waals surface area contributed by atoms with Crippen molar-refractivity contribution >= 4 is 17.6 Å². The number of amides is 1. The van der Waals surface area contributed by atoms with Crippen LogP contribution in [0.3, 0.4) is 0 Å². The van der Waals surface area contributed by atoms with Crippen LogP contribution in [0.5, 0.6) is 0 Å². The van der Waals surface area contributed by atoms with Crippen LogP contribution in [0.1, 0.15) is 21.6 Å². The summed E-state index contributed by atoms with van der Waals surface area (Å²) < 4.78 is 16.3. The fraction of sp³-hybridized carbons (Fsp3) is 0.111. The molecule has 0 saturated carbocycles. The van der Waals surface area contributed by atoms with E-state index in [9.17, 15) is 9.18 Å². The third kappa shape index (κ3) is 3.53. The fourth-order valence-electron chi connectivity index (χ4n) is 2.75. The molecular formula is C18H19FN8O. The molecule has 3 aromatic rings. The van der Waals surface area contributed by atoms with Crippen molar-refractivity contribution in [2.45, 2.75) is 6.92 Å². The van der Waals surface area contributed by atoms with Crippen LogP contribution in [0.15, 0.2) is 47.8 Å². The predicted octanol–water partition coefficient (Wildman–Crippen LogP) is 1.27. The zero-order valence-electron chi connectivity index (χ0n) is 15.3. The number of hydrogen-bond acceptors (Lipinski definition) is 6. The first-order valence-electron chi connectivity index (χ1n) is 8.26. The van der Waals surface area contributed by atoms with Gasteiger partial charge in [0.15, 0.2) is 5.84 Å². The Labute approximate surface area is 160 Å². The molecule has 0 atom stereocenters. The first-order chi connectivity index (χ1) is 13.5. The van der Waals surface area contributed by atoms with Crippen LogP contribution in [-0.4, -0.2) is 26.5 Å². The summed E-state index contributed by atoms with van der Waals surface area (Å²) in [7, 11) is 1.65. The minimum Gasteiger partial charge on any atom is -0.321 e. The highest BCUT2D eigenvalue weighted by atomic mass is 19.1. The number of rotatable bonds is 4. The lowest BCUT2D eigenvalue weighted by molar-refractivity contribution is 0.102. The quantitative estimate of drug-likeness (QED) is 0.232. The summed E-state index contributed by atoms with van der Waals surface area (Å²) >= 11 is 0. The second-order valence-electron chi connectivity index (χ2n) is 5.97. The Kier molecular flexibility index (Phi) is 5.32. The van der Waals surface area contributed by atoms with Crippen molar-refractivity contribution in [1.82, 2.24) is 20.2 Å². The van der Waals surface area contributed by atoms with Crippen LogP contribution in [-0.2, 0) is 7.05 Å². The first-order valence-corrected chi connectivity index (χ1v) is 8.26. The summed E-state index contributed by atoms with van der Waals surface area (Å²) in [5.74, 6) is 10.2. The number of anilines is 1. The molecule has 0 aliphatic carbocycles. The number of amidine groups is 1. The standard InChI is InChI=1S/C18H19FN8O/c1-10-4-3-7-22-16(10)24-18(28)11-5-6-12(14(19)8-11)13-9-23-27(2)15(13)17(25-20)26-21/h3-9H,20-21H2,1-2H3,(H,25,26)(H,22,24,28). The van der Waals surface area contributed by atoms with Gasteiger partial charge in [-0.25, -0.2) is 15.2 Å². The number of hydrogen-bond donors (Lipinski definition) is 4. The number of carbonyl (C=O) groups excluding carboxylic acids is 1. The molecule has 0 radical (unpaired) electrons. The fourth-order valence-corrected chi connectivity index (χ4v) is 2.75. The third-order valence-electron chi connectivity index (χ3n) is 4.19. The maximum atomic E-state index is 14.8. The minimum absolute atomic E-state index is 0.141. The summed E-state index contributed by atoms with van der Waals surface area (Å²) in [6.07, 6.45) is 3.03. The average Bonchev–Trinajstić information content (AvgIpc) is 3.06. The predicted molar refractivity (Wildman–Crippen MR) is 104 cm³/mol. The van der Waals surface area contributed by atoms with Crippen LogP contribution < -0.4 is 22.4 Å². The molecule has 10 heteroatoms. The third-order valence-corrected chi connectivity index (χ3v) is 4.19. The average molecular weight is 382 g/mol. The number of hydrazone groups is 1. The van der Waals surface area contributed by atoms with Crippen molar-refractivity contribution in [3.05, 3.63) is 65.4 Å². The molecule has 0 bridgehead atoms. The number of aromatic nitrogens is 3. The molecule has 0 aliphatic rings. The van der Waals surface area contributed by atoms with Crippen molar-refractivity contribution in [2.75, 3.05) is 5.32 Å². The maximum Gasteiger partial charge on any atom is 0.256 e. The summed E-state index contributed by atoms with van der Waals surface area (Å²) in [5.41, 5.74) is 4.37. The van der Waals surface area contributed by atoms with Crippen molar-refractivity contribution < 1.29 is 9.18 Å². The Morgan fingerprint density at radius 1 is 1.29 bits per heavy atom. The van der Waals surface area contributed by atoms with Crippen LogP contribution >= 0.6 is 0 Å². The van der Waals surface area contributed by atoms with Gasteiger partial charge < -0.3 is 16.6 Å². The van der Waals surface area contributed by atoms with Gasteiger partial charge in [-0.15, -0.1) is 0 Å². The number of aryl methyl sites for hydroxylation is 2. The summed E-state index contributed by atoms with van der Waals surface area (Å²) in [6.45, 7) is 1.82. The van der Waals surface area contributed by atoms with Crippen LogP contribution in [0.25, 0.3) is 11.1 Å². The van der Waals surface area contributed by atoms with Gasteiger partial charge in [0, 0.05) is 29.9 Å². The molecule has 0 aliphatic heterocycles. The monoisotopic (exact) mass is 382 g/mol. The smallest absolute Gasteiger partial charge is 0.256 e. The lowest BCUT2D eigenvalue weighted by atomic mass is 10.0. The Hall–Kier alpha value is -3.79. The molecule has 2 heterocycles. The second-order valence-corrected chi connectivity index (χ2v) is 5.97. The lowest BCUT2D eigenvalue weighted by Gasteiger charge is -2.10. The molecule has 0 saturated heterocycles. The van der Waals surface area contributed by atoms with Crippen molar-refractivity contribution in [3.8, 4) is 11.1 Å². The SMILES string of the molecule is Cc1cccnc1NC(=O)c1ccc(-c2cnn(C)c2C(=NN)NN)c(F)c1. The van der Waals surface area contributed by atoms with Crippen molar-refractivity contribution in [2.24, 2.45) is 23.8 Å². The summed E-state index contributed by atoms with van der Waals surface area (Å²) in [6, 6.07) is 7.73. The summed E-state index contributed by atoms with van der Waals surface area (Å²) in [5, 5.41) is 10.3. The van der Waals surface area contributed by atoms with Crippen molar-refractivity contribution in [1.29, 1.82) is 0 Å². The molecule has 1 aromatic carbocycles. The van der Waals surface area contributed by atoms with Gasteiger partial charge in [-0.3, -0.25) is 9.48 Å². The number of hydrazine groups is 1. The van der Waals surface area contributed by atoms with E-state index in [1.807, 2.05) is 13.0 Å². The topological polar surface area (TPSA) is 136 Å². The number of pyridine rings is 1. The lowest BCUT2D eigenvalue weighted by Crippen LogP contribution is -2.34. The van der Waals surface area contributed by atoms with Gasteiger partial charge in [0.25, 0.3) is 5.91 Å².